The minimum atomic E-state index is -0.378. The molecule has 1 unspecified atom stereocenters. The van der Waals surface area contributed by atoms with Crippen LogP contribution in [0.4, 0.5) is 0 Å². The summed E-state index contributed by atoms with van der Waals surface area (Å²) in [5, 5.41) is 9.86. The van der Waals surface area contributed by atoms with Crippen LogP contribution in [-0.4, -0.2) is 15.6 Å². The van der Waals surface area contributed by atoms with E-state index < -0.39 is 0 Å². The number of hydrogen-bond donors (Lipinski definition) is 2. The van der Waals surface area contributed by atoms with E-state index in [1.54, 1.807) is 4.57 Å². The van der Waals surface area contributed by atoms with Gasteiger partial charge in [-0.3, -0.25) is 4.79 Å². The maximum atomic E-state index is 10.8. The summed E-state index contributed by atoms with van der Waals surface area (Å²) in [6.45, 7) is 0.194. The molecule has 4 nitrogen and oxygen atoms in total. The Morgan fingerprint density at radius 3 is 3.07 bits per heavy atom. The summed E-state index contributed by atoms with van der Waals surface area (Å²) in [6, 6.07) is 0. The molecule has 1 aliphatic rings. The van der Waals surface area contributed by atoms with E-state index in [0.717, 1.165) is 36.8 Å². The molecular formula is C11H16N2O2. The summed E-state index contributed by atoms with van der Waals surface area (Å²) in [5.74, 6) is -0.352. The van der Waals surface area contributed by atoms with Crippen LogP contribution in [0.15, 0.2) is 12.4 Å². The Kier molecular flexibility index (Phi) is 2.77. The Labute approximate surface area is 88.7 Å². The second-order valence-electron chi connectivity index (χ2n) is 4.14. The first-order chi connectivity index (χ1) is 7.16. The predicted octanol–water partition coefficient (Wildman–Crippen LogP) is 0.733. The molecule has 1 heterocycles. The van der Waals surface area contributed by atoms with Gasteiger partial charge in [0.05, 0.1) is 6.10 Å². The molecule has 0 aromatic carbocycles. The van der Waals surface area contributed by atoms with Crippen LogP contribution in [0.5, 0.6) is 0 Å². The first-order valence-corrected chi connectivity index (χ1v) is 5.32. The van der Waals surface area contributed by atoms with Gasteiger partial charge in [0, 0.05) is 18.0 Å². The summed E-state index contributed by atoms with van der Waals surface area (Å²) in [4.78, 5) is 10.8. The van der Waals surface area contributed by atoms with Crippen molar-refractivity contribution in [3.8, 4) is 0 Å². The second-order valence-corrected chi connectivity index (χ2v) is 4.14. The third-order valence-electron chi connectivity index (χ3n) is 2.87. The van der Waals surface area contributed by atoms with Crippen LogP contribution in [0, 0.1) is 0 Å². The molecule has 0 bridgehead atoms. The van der Waals surface area contributed by atoms with Gasteiger partial charge in [0.2, 0.25) is 5.91 Å². The van der Waals surface area contributed by atoms with Gasteiger partial charge >= 0.3 is 0 Å². The molecule has 1 aromatic heterocycles. The van der Waals surface area contributed by atoms with Crippen molar-refractivity contribution < 1.29 is 9.90 Å². The average molecular weight is 208 g/mol. The highest BCUT2D eigenvalue weighted by molar-refractivity contribution is 5.73. The topological polar surface area (TPSA) is 68.2 Å². The van der Waals surface area contributed by atoms with Crippen LogP contribution in [0.3, 0.4) is 0 Å². The quantitative estimate of drug-likeness (QED) is 0.704. The van der Waals surface area contributed by atoms with Crippen LogP contribution in [-0.2, 0) is 17.8 Å². The van der Waals surface area contributed by atoms with Gasteiger partial charge < -0.3 is 15.4 Å². The molecule has 1 aromatic rings. The van der Waals surface area contributed by atoms with Crippen molar-refractivity contribution in [2.24, 2.45) is 5.73 Å². The van der Waals surface area contributed by atoms with Crippen LogP contribution in [0.25, 0.3) is 0 Å². The molecule has 1 amide bonds. The van der Waals surface area contributed by atoms with Crippen LogP contribution in [0.2, 0.25) is 0 Å². The lowest BCUT2D eigenvalue weighted by Gasteiger charge is -2.05. The number of fused-ring (bicyclic) bond motifs is 1. The van der Waals surface area contributed by atoms with Gasteiger partial charge in [-0.25, -0.2) is 0 Å². The highest BCUT2D eigenvalue weighted by Crippen LogP contribution is 2.29. The van der Waals surface area contributed by atoms with Gasteiger partial charge in [-0.2, -0.15) is 0 Å². The molecule has 1 atom stereocenters. The average Bonchev–Trinajstić information content (AvgIpc) is 2.47. The monoisotopic (exact) mass is 208 g/mol. The van der Waals surface area contributed by atoms with E-state index in [2.05, 4.69) is 0 Å². The molecule has 15 heavy (non-hydrogen) atoms. The minimum absolute atomic E-state index is 0.194. The molecule has 0 fully saturated rings. The van der Waals surface area contributed by atoms with E-state index >= 15 is 0 Å². The number of primary amides is 1. The number of aromatic nitrogens is 1. The number of aliphatic hydroxyl groups is 1. The van der Waals surface area contributed by atoms with E-state index in [4.69, 9.17) is 5.73 Å². The maximum Gasteiger partial charge on any atom is 0.237 e. The largest absolute Gasteiger partial charge is 0.388 e. The summed E-state index contributed by atoms with van der Waals surface area (Å²) < 4.78 is 1.77. The highest BCUT2D eigenvalue weighted by Gasteiger charge is 2.18. The number of carbonyl (C=O) groups is 1. The van der Waals surface area contributed by atoms with E-state index in [1.165, 1.54) is 0 Å². The minimum Gasteiger partial charge on any atom is -0.388 e. The number of hydrogen-bond acceptors (Lipinski definition) is 2. The molecule has 0 radical (unpaired) electrons. The fraction of sp³-hybridized carbons (Fsp3) is 0.545. The predicted molar refractivity (Wildman–Crippen MR) is 56.1 cm³/mol. The lowest BCUT2D eigenvalue weighted by Crippen LogP contribution is -2.17. The Morgan fingerprint density at radius 1 is 1.53 bits per heavy atom. The third-order valence-corrected chi connectivity index (χ3v) is 2.87. The Bertz CT molecular complexity index is 371. The zero-order valence-corrected chi connectivity index (χ0v) is 8.65. The Hall–Kier alpha value is -1.29. The second kappa shape index (κ2) is 4.06. The maximum absolute atomic E-state index is 10.8. The number of aryl methyl sites for hydroxylation is 1. The van der Waals surface area contributed by atoms with E-state index in [1.807, 2.05) is 12.4 Å². The smallest absolute Gasteiger partial charge is 0.237 e. The van der Waals surface area contributed by atoms with Crippen LogP contribution in [0.1, 0.15) is 36.5 Å². The zero-order chi connectivity index (χ0) is 10.8. The van der Waals surface area contributed by atoms with E-state index in [0.29, 0.717) is 0 Å². The van der Waals surface area contributed by atoms with Crippen molar-refractivity contribution >= 4 is 5.91 Å². The molecule has 4 heteroatoms. The summed E-state index contributed by atoms with van der Waals surface area (Å²) >= 11 is 0. The zero-order valence-electron chi connectivity index (χ0n) is 8.65. The number of nitrogens with two attached hydrogens (primary N) is 1. The molecule has 0 saturated carbocycles. The molecule has 3 N–H and O–H groups in total. The van der Waals surface area contributed by atoms with Gasteiger partial charge in [-0.05, 0) is 24.8 Å². The molecule has 2 rings (SSSR count). The van der Waals surface area contributed by atoms with Crippen molar-refractivity contribution in [2.45, 2.75) is 38.3 Å². The number of aliphatic hydroxyl groups excluding tert-OH is 1. The first kappa shape index (κ1) is 10.2. The fourth-order valence-electron chi connectivity index (χ4n) is 2.16. The highest BCUT2D eigenvalue weighted by atomic mass is 16.3. The first-order valence-electron chi connectivity index (χ1n) is 5.32. The molecular weight excluding hydrogens is 192 g/mol. The Balaban J connectivity index is 2.25. The van der Waals surface area contributed by atoms with Crippen LogP contribution >= 0.6 is 0 Å². The third kappa shape index (κ3) is 2.21. The van der Waals surface area contributed by atoms with Crippen molar-refractivity contribution in [2.75, 3.05) is 0 Å². The van der Waals surface area contributed by atoms with Gasteiger partial charge in [-0.1, -0.05) is 6.42 Å². The molecule has 0 aliphatic heterocycles. The van der Waals surface area contributed by atoms with Gasteiger partial charge in [0.25, 0.3) is 0 Å². The summed E-state index contributed by atoms with van der Waals surface area (Å²) in [5.41, 5.74) is 7.25. The number of nitrogens with zero attached hydrogens (tertiary/aromatic N) is 1. The molecule has 0 saturated heterocycles. The summed E-state index contributed by atoms with van der Waals surface area (Å²) in [7, 11) is 0. The molecule has 0 spiro atoms. The number of amides is 1. The SMILES string of the molecule is NC(=O)Cn1cc2c(c1)C(O)CCCC2. The van der Waals surface area contributed by atoms with Crippen molar-refractivity contribution in [1.82, 2.24) is 4.57 Å². The van der Waals surface area contributed by atoms with Gasteiger partial charge in [-0.15, -0.1) is 0 Å². The number of carbonyl (C=O) groups excluding carboxylic acids is 1. The Morgan fingerprint density at radius 2 is 2.33 bits per heavy atom. The normalized spacial score (nSPS) is 20.7. The lowest BCUT2D eigenvalue weighted by molar-refractivity contribution is -0.118. The fourth-order valence-corrected chi connectivity index (χ4v) is 2.16. The van der Waals surface area contributed by atoms with Gasteiger partial charge in [0.15, 0.2) is 0 Å². The standard InChI is InChI=1S/C11H16N2O2/c12-11(15)7-13-5-8-3-1-2-4-10(14)9(8)6-13/h5-6,10,14H,1-4,7H2,(H2,12,15). The summed E-state index contributed by atoms with van der Waals surface area (Å²) in [6.07, 6.45) is 7.35. The molecule has 82 valence electrons. The van der Waals surface area contributed by atoms with Crippen molar-refractivity contribution in [3.05, 3.63) is 23.5 Å². The van der Waals surface area contributed by atoms with Crippen molar-refractivity contribution in [1.29, 1.82) is 0 Å². The van der Waals surface area contributed by atoms with E-state index in [9.17, 15) is 9.90 Å². The number of rotatable bonds is 2. The lowest BCUT2D eigenvalue weighted by atomic mass is 10.1. The van der Waals surface area contributed by atoms with Gasteiger partial charge in [0.1, 0.15) is 6.54 Å². The van der Waals surface area contributed by atoms with Crippen LogP contribution < -0.4 is 5.73 Å². The molecule has 1 aliphatic carbocycles. The van der Waals surface area contributed by atoms with E-state index in [-0.39, 0.29) is 18.6 Å². The van der Waals surface area contributed by atoms with Crippen molar-refractivity contribution in [3.63, 3.8) is 0 Å².